The molecule has 0 aliphatic rings. The van der Waals surface area contributed by atoms with Gasteiger partial charge in [0.2, 0.25) is 11.8 Å². The van der Waals surface area contributed by atoms with Gasteiger partial charge in [-0.25, -0.2) is 0 Å². The van der Waals surface area contributed by atoms with Crippen molar-refractivity contribution in [1.29, 1.82) is 0 Å². The highest BCUT2D eigenvalue weighted by molar-refractivity contribution is 5.95. The van der Waals surface area contributed by atoms with Gasteiger partial charge in [0.05, 0.1) is 0 Å². The second-order valence-electron chi connectivity index (χ2n) is 6.27. The molecule has 0 aliphatic heterocycles. The monoisotopic (exact) mass is 338 g/mol. The first-order chi connectivity index (χ1) is 11.9. The average molecular weight is 338 g/mol. The number of hydrogen-bond acceptors (Lipinski definition) is 2. The van der Waals surface area contributed by atoms with Crippen LogP contribution in [0.15, 0.2) is 42.5 Å². The van der Waals surface area contributed by atoms with E-state index in [-0.39, 0.29) is 18.2 Å². The summed E-state index contributed by atoms with van der Waals surface area (Å²) in [6, 6.07) is 13.8. The summed E-state index contributed by atoms with van der Waals surface area (Å²) in [5.74, 6) is -0.144. The lowest BCUT2D eigenvalue weighted by Crippen LogP contribution is -2.32. The molecule has 25 heavy (non-hydrogen) atoms. The molecule has 0 unspecified atom stereocenters. The fourth-order valence-electron chi connectivity index (χ4n) is 2.82. The first-order valence-electron chi connectivity index (χ1n) is 8.65. The van der Waals surface area contributed by atoms with Crippen molar-refractivity contribution in [2.45, 2.75) is 40.5 Å². The molecule has 0 saturated heterocycles. The van der Waals surface area contributed by atoms with Crippen LogP contribution in [0.1, 0.15) is 37.0 Å². The average Bonchev–Trinajstić information content (AvgIpc) is 2.58. The summed E-state index contributed by atoms with van der Waals surface area (Å²) in [6.45, 7) is 7.92. The maximum absolute atomic E-state index is 12.3. The van der Waals surface area contributed by atoms with Crippen molar-refractivity contribution in [3.05, 3.63) is 59.2 Å². The zero-order valence-corrected chi connectivity index (χ0v) is 15.4. The van der Waals surface area contributed by atoms with Crippen molar-refractivity contribution in [3.63, 3.8) is 0 Å². The fraction of sp³-hybridized carbons (Fsp3) is 0.333. The molecule has 4 nitrogen and oxygen atoms in total. The van der Waals surface area contributed by atoms with E-state index in [1.807, 2.05) is 56.3 Å². The molecular formula is C21H26N2O2. The van der Waals surface area contributed by atoms with Crippen LogP contribution in [0.5, 0.6) is 0 Å². The summed E-state index contributed by atoms with van der Waals surface area (Å²) in [6.07, 6.45) is 1.10. The molecular weight excluding hydrogens is 312 g/mol. The highest BCUT2D eigenvalue weighted by Crippen LogP contribution is 2.22. The maximum atomic E-state index is 12.3. The quantitative estimate of drug-likeness (QED) is 0.856. The third-order valence-electron chi connectivity index (χ3n) is 4.27. The zero-order chi connectivity index (χ0) is 18.4. The Morgan fingerprint density at radius 1 is 1.08 bits per heavy atom. The Hall–Kier alpha value is -2.62. The van der Waals surface area contributed by atoms with Gasteiger partial charge in [0.25, 0.3) is 0 Å². The van der Waals surface area contributed by atoms with Crippen LogP contribution in [-0.2, 0) is 16.0 Å². The van der Waals surface area contributed by atoms with E-state index in [1.54, 1.807) is 4.90 Å². The normalized spacial score (nSPS) is 10.4. The number of nitrogens with zero attached hydrogens (tertiary/aromatic N) is 1. The molecule has 2 rings (SSSR count). The third kappa shape index (κ3) is 4.92. The van der Waals surface area contributed by atoms with Crippen molar-refractivity contribution in [2.75, 3.05) is 16.8 Å². The van der Waals surface area contributed by atoms with Crippen LogP contribution in [0.2, 0.25) is 0 Å². The molecule has 1 N–H and O–H groups in total. The van der Waals surface area contributed by atoms with Crippen molar-refractivity contribution in [2.24, 2.45) is 0 Å². The van der Waals surface area contributed by atoms with E-state index in [2.05, 4.69) is 12.2 Å². The summed E-state index contributed by atoms with van der Waals surface area (Å²) in [5.41, 5.74) is 4.94. The van der Waals surface area contributed by atoms with E-state index < -0.39 is 0 Å². The van der Waals surface area contributed by atoms with E-state index in [1.165, 1.54) is 6.92 Å². The van der Waals surface area contributed by atoms with Gasteiger partial charge >= 0.3 is 0 Å². The van der Waals surface area contributed by atoms with Gasteiger partial charge in [0.15, 0.2) is 0 Å². The number of carbonyl (C=O) groups excluding carboxylic acids is 2. The summed E-state index contributed by atoms with van der Waals surface area (Å²) in [7, 11) is 0. The lowest BCUT2D eigenvalue weighted by molar-refractivity contribution is -0.117. The minimum atomic E-state index is -0.0890. The van der Waals surface area contributed by atoms with Crippen molar-refractivity contribution >= 4 is 23.2 Å². The molecule has 0 spiro atoms. The lowest BCUT2D eigenvalue weighted by atomic mass is 10.1. The van der Waals surface area contributed by atoms with E-state index >= 15 is 0 Å². The summed E-state index contributed by atoms with van der Waals surface area (Å²) < 4.78 is 0. The summed E-state index contributed by atoms with van der Waals surface area (Å²) in [5, 5.41) is 2.95. The number of benzene rings is 2. The maximum Gasteiger partial charge on any atom is 0.226 e. The molecule has 2 amide bonds. The minimum Gasteiger partial charge on any atom is -0.326 e. The Morgan fingerprint density at radius 3 is 2.48 bits per heavy atom. The van der Waals surface area contributed by atoms with E-state index in [0.717, 1.165) is 34.5 Å². The molecule has 4 heteroatoms. The number of para-hydroxylation sites is 1. The molecule has 2 aromatic rings. The third-order valence-corrected chi connectivity index (χ3v) is 4.27. The van der Waals surface area contributed by atoms with Crippen molar-refractivity contribution < 1.29 is 9.59 Å². The molecule has 0 saturated carbocycles. The predicted octanol–water partition coefficient (Wildman–Crippen LogP) is 4.25. The number of anilines is 2. The van der Waals surface area contributed by atoms with Crippen LogP contribution in [-0.4, -0.2) is 18.4 Å². The van der Waals surface area contributed by atoms with Crippen LogP contribution >= 0.6 is 0 Å². The smallest absolute Gasteiger partial charge is 0.226 e. The summed E-state index contributed by atoms with van der Waals surface area (Å²) >= 11 is 0. The van der Waals surface area contributed by atoms with Gasteiger partial charge in [-0.15, -0.1) is 0 Å². The molecule has 0 aromatic heterocycles. The molecule has 0 fully saturated rings. The predicted molar refractivity (Wildman–Crippen MR) is 103 cm³/mol. The largest absolute Gasteiger partial charge is 0.326 e. The highest BCUT2D eigenvalue weighted by atomic mass is 16.2. The van der Waals surface area contributed by atoms with Crippen LogP contribution in [0.25, 0.3) is 0 Å². The Balaban J connectivity index is 2.07. The number of aryl methyl sites for hydroxylation is 3. The Bertz CT molecular complexity index is 768. The highest BCUT2D eigenvalue weighted by Gasteiger charge is 2.16. The SMILES string of the molecule is CCc1ccccc1N(CCC(=O)Nc1cc(C)ccc1C)C(C)=O. The molecule has 0 aliphatic carbocycles. The van der Waals surface area contributed by atoms with Crippen LogP contribution < -0.4 is 10.2 Å². The van der Waals surface area contributed by atoms with Crippen LogP contribution in [0, 0.1) is 13.8 Å². The molecule has 0 bridgehead atoms. The molecule has 2 aromatic carbocycles. The Kier molecular flexibility index (Phi) is 6.34. The number of carbonyl (C=O) groups is 2. The minimum absolute atomic E-state index is 0.0552. The van der Waals surface area contributed by atoms with Gasteiger partial charge in [0.1, 0.15) is 0 Å². The van der Waals surface area contributed by atoms with E-state index in [0.29, 0.717) is 6.54 Å². The van der Waals surface area contributed by atoms with Gasteiger partial charge in [-0.1, -0.05) is 37.3 Å². The number of nitrogens with one attached hydrogen (secondary N) is 1. The zero-order valence-electron chi connectivity index (χ0n) is 15.4. The summed E-state index contributed by atoms with van der Waals surface area (Å²) in [4.78, 5) is 26.1. The fourth-order valence-corrected chi connectivity index (χ4v) is 2.82. The Morgan fingerprint density at radius 2 is 1.80 bits per heavy atom. The number of amides is 2. The molecule has 0 atom stereocenters. The van der Waals surface area contributed by atoms with Gasteiger partial charge in [-0.05, 0) is 49.1 Å². The topological polar surface area (TPSA) is 49.4 Å². The van der Waals surface area contributed by atoms with Crippen LogP contribution in [0.3, 0.4) is 0 Å². The Labute approximate surface area is 149 Å². The van der Waals surface area contributed by atoms with E-state index in [9.17, 15) is 9.59 Å². The van der Waals surface area contributed by atoms with Crippen molar-refractivity contribution in [3.8, 4) is 0 Å². The van der Waals surface area contributed by atoms with Gasteiger partial charge < -0.3 is 10.2 Å². The van der Waals surface area contributed by atoms with Crippen molar-refractivity contribution in [1.82, 2.24) is 0 Å². The van der Waals surface area contributed by atoms with Gasteiger partial charge in [-0.3, -0.25) is 9.59 Å². The molecule has 0 heterocycles. The van der Waals surface area contributed by atoms with Crippen LogP contribution in [0.4, 0.5) is 11.4 Å². The lowest BCUT2D eigenvalue weighted by Gasteiger charge is -2.23. The standard InChI is InChI=1S/C21H26N2O2/c1-5-18-8-6-7-9-20(18)23(17(4)24)13-12-21(25)22-19-14-15(2)10-11-16(19)3/h6-11,14H,5,12-13H2,1-4H3,(H,22,25). The second-order valence-corrected chi connectivity index (χ2v) is 6.27. The first kappa shape index (κ1) is 18.7. The first-order valence-corrected chi connectivity index (χ1v) is 8.65. The molecule has 132 valence electrons. The van der Waals surface area contributed by atoms with Gasteiger partial charge in [-0.2, -0.15) is 0 Å². The van der Waals surface area contributed by atoms with Gasteiger partial charge in [0, 0.05) is 31.3 Å². The number of rotatable bonds is 6. The number of hydrogen-bond donors (Lipinski definition) is 1. The molecule has 0 radical (unpaired) electrons. The second kappa shape index (κ2) is 8.47. The van der Waals surface area contributed by atoms with E-state index in [4.69, 9.17) is 0 Å².